The van der Waals surface area contributed by atoms with Crippen molar-refractivity contribution >= 4 is 11.9 Å². The highest BCUT2D eigenvalue weighted by Crippen LogP contribution is 2.26. The van der Waals surface area contributed by atoms with Gasteiger partial charge in [-0.2, -0.15) is 0 Å². The Morgan fingerprint density at radius 1 is 0.541 bits per heavy atom. The highest BCUT2D eigenvalue weighted by molar-refractivity contribution is 5.80. The second-order valence-corrected chi connectivity index (χ2v) is 20.7. The molecule has 0 saturated carbocycles. The fourth-order valence-corrected chi connectivity index (χ4v) is 9.05. The molecule has 74 heavy (non-hydrogen) atoms. The molecule has 1 rings (SSSR count). The van der Waals surface area contributed by atoms with Gasteiger partial charge in [0, 0.05) is 6.42 Å². The van der Waals surface area contributed by atoms with Crippen LogP contribution in [0.2, 0.25) is 0 Å². The van der Waals surface area contributed by atoms with Gasteiger partial charge in [0.1, 0.15) is 24.4 Å². The first-order valence-electron chi connectivity index (χ1n) is 30.2. The maximum atomic E-state index is 13.4. The van der Waals surface area contributed by atoms with Crippen molar-refractivity contribution < 1.29 is 49.3 Å². The number of amides is 1. The third kappa shape index (κ3) is 38.6. The van der Waals surface area contributed by atoms with Gasteiger partial charge >= 0.3 is 5.97 Å². The molecule has 0 aromatic heterocycles. The molecule has 1 aliphatic rings. The molecule has 11 nitrogen and oxygen atoms in total. The van der Waals surface area contributed by atoms with E-state index in [-0.39, 0.29) is 19.4 Å². The molecule has 1 fully saturated rings. The number of rotatable bonds is 50. The molecule has 428 valence electrons. The summed E-state index contributed by atoms with van der Waals surface area (Å²) in [7, 11) is 0. The van der Waals surface area contributed by atoms with Crippen LogP contribution in [0.1, 0.15) is 252 Å². The summed E-state index contributed by atoms with van der Waals surface area (Å²) in [6.45, 7) is 5.64. The fourth-order valence-electron chi connectivity index (χ4n) is 9.05. The van der Waals surface area contributed by atoms with Crippen molar-refractivity contribution in [3.63, 3.8) is 0 Å². The first-order chi connectivity index (χ1) is 36.2. The van der Waals surface area contributed by atoms with Crippen LogP contribution < -0.4 is 5.32 Å². The molecule has 0 spiro atoms. The lowest BCUT2D eigenvalue weighted by Crippen LogP contribution is -2.61. The van der Waals surface area contributed by atoms with E-state index >= 15 is 0 Å². The average molecular weight is 1040 g/mol. The van der Waals surface area contributed by atoms with Crippen molar-refractivity contribution in [2.24, 2.45) is 0 Å². The summed E-state index contributed by atoms with van der Waals surface area (Å²) in [5.41, 5.74) is 0. The fraction of sp³-hybridized carbons (Fsp3) is 0.778. The van der Waals surface area contributed by atoms with Crippen molar-refractivity contribution in [1.29, 1.82) is 0 Å². The Bertz CT molecular complexity index is 1480. The highest BCUT2D eigenvalue weighted by Gasteiger charge is 2.47. The van der Waals surface area contributed by atoms with E-state index in [4.69, 9.17) is 14.2 Å². The molecule has 11 heteroatoms. The molecule has 1 saturated heterocycles. The van der Waals surface area contributed by atoms with E-state index in [1.807, 2.05) is 6.08 Å². The predicted molar refractivity (Wildman–Crippen MR) is 306 cm³/mol. The van der Waals surface area contributed by atoms with Crippen LogP contribution in [0, 0.1) is 0 Å². The summed E-state index contributed by atoms with van der Waals surface area (Å²) in [6, 6.07) is -1.03. The Labute approximate surface area is 451 Å². The SMILES string of the molecule is CC/C=C/C/C=C/CCCCCCCCCC(=O)OC1C(OCC(NC(=O)C(O)CCCCCCC/C=C\C/C=C\C/C=C\CCCCC)C(O)/C=C/CCCCCCCCCCCCC)OC(CO)C(O)C1O. The largest absolute Gasteiger partial charge is 0.454 e. The number of carbonyl (C=O) groups is 2. The molecule has 0 aliphatic carbocycles. The van der Waals surface area contributed by atoms with Crippen LogP contribution in [-0.4, -0.2) is 99.6 Å². The molecule has 0 bridgehead atoms. The monoisotopic (exact) mass is 1040 g/mol. The number of hydrogen-bond donors (Lipinski definition) is 6. The number of allylic oxidation sites excluding steroid dienone is 11. The molecule has 1 heterocycles. The minimum atomic E-state index is -1.62. The van der Waals surface area contributed by atoms with Crippen LogP contribution >= 0.6 is 0 Å². The number of ether oxygens (including phenoxy) is 3. The maximum absolute atomic E-state index is 13.4. The Kier molecular flexibility index (Phi) is 47.5. The van der Waals surface area contributed by atoms with E-state index in [0.717, 1.165) is 109 Å². The van der Waals surface area contributed by atoms with Crippen molar-refractivity contribution in [3.05, 3.63) is 72.9 Å². The van der Waals surface area contributed by atoms with Gasteiger partial charge in [-0.25, -0.2) is 0 Å². The smallest absolute Gasteiger partial charge is 0.306 e. The van der Waals surface area contributed by atoms with Crippen LogP contribution in [0.25, 0.3) is 0 Å². The van der Waals surface area contributed by atoms with Crippen LogP contribution in [0.5, 0.6) is 0 Å². The molecule has 8 atom stereocenters. The molecule has 1 amide bonds. The summed E-state index contributed by atoms with van der Waals surface area (Å²) in [6.07, 6.45) is 53.6. The van der Waals surface area contributed by atoms with E-state index in [1.54, 1.807) is 6.08 Å². The number of hydrogen-bond acceptors (Lipinski definition) is 10. The first kappa shape index (κ1) is 69.1. The summed E-state index contributed by atoms with van der Waals surface area (Å²) in [5, 5.41) is 56.9. The van der Waals surface area contributed by atoms with E-state index in [9.17, 15) is 35.1 Å². The zero-order chi connectivity index (χ0) is 54.0. The number of aliphatic hydroxyl groups excluding tert-OH is 5. The number of esters is 1. The molecule has 0 aromatic rings. The molecular weight excluding hydrogens is 931 g/mol. The predicted octanol–water partition coefficient (Wildman–Crippen LogP) is 14.0. The number of carbonyl (C=O) groups excluding carboxylic acids is 2. The van der Waals surface area contributed by atoms with Crippen molar-refractivity contribution in [2.75, 3.05) is 13.2 Å². The Morgan fingerprint density at radius 2 is 0.973 bits per heavy atom. The van der Waals surface area contributed by atoms with Crippen LogP contribution in [0.3, 0.4) is 0 Å². The zero-order valence-electron chi connectivity index (χ0n) is 47.2. The van der Waals surface area contributed by atoms with Gasteiger partial charge in [0.25, 0.3) is 0 Å². The molecule has 0 radical (unpaired) electrons. The van der Waals surface area contributed by atoms with Crippen molar-refractivity contribution in [3.8, 4) is 0 Å². The Morgan fingerprint density at radius 3 is 1.49 bits per heavy atom. The van der Waals surface area contributed by atoms with Gasteiger partial charge in [-0.1, -0.05) is 229 Å². The number of nitrogens with one attached hydrogen (secondary N) is 1. The highest BCUT2D eigenvalue weighted by atomic mass is 16.7. The first-order valence-corrected chi connectivity index (χ1v) is 30.2. The van der Waals surface area contributed by atoms with Gasteiger partial charge in [-0.05, 0) is 89.9 Å². The van der Waals surface area contributed by atoms with Gasteiger partial charge in [-0.15, -0.1) is 0 Å². The maximum Gasteiger partial charge on any atom is 0.306 e. The summed E-state index contributed by atoms with van der Waals surface area (Å²) >= 11 is 0. The lowest BCUT2D eigenvalue weighted by molar-refractivity contribution is -0.305. The lowest BCUT2D eigenvalue weighted by Gasteiger charge is -2.41. The normalized spacial score (nSPS) is 19.8. The summed E-state index contributed by atoms with van der Waals surface area (Å²) in [4.78, 5) is 26.5. The van der Waals surface area contributed by atoms with Crippen molar-refractivity contribution in [1.82, 2.24) is 5.32 Å². The van der Waals surface area contributed by atoms with Crippen LogP contribution in [0.15, 0.2) is 72.9 Å². The van der Waals surface area contributed by atoms with E-state index in [1.165, 1.54) is 96.3 Å². The van der Waals surface area contributed by atoms with Crippen LogP contribution in [-0.2, 0) is 23.8 Å². The second-order valence-electron chi connectivity index (χ2n) is 20.7. The molecule has 6 N–H and O–H groups in total. The Hall–Kier alpha value is -2.90. The molecule has 0 aromatic carbocycles. The lowest BCUT2D eigenvalue weighted by atomic mass is 9.99. The zero-order valence-corrected chi connectivity index (χ0v) is 47.2. The number of unbranched alkanes of at least 4 members (excludes halogenated alkanes) is 26. The van der Waals surface area contributed by atoms with Gasteiger partial charge in [0.15, 0.2) is 12.4 Å². The quantitative estimate of drug-likeness (QED) is 0.0195. The van der Waals surface area contributed by atoms with E-state index < -0.39 is 67.4 Å². The minimum Gasteiger partial charge on any atom is -0.454 e. The standard InChI is InChI=1S/C63H111NO10/c1-4-7-10-13-16-19-22-25-27-28-29-30-32-35-38-41-44-47-50-56(67)62(71)64-54(55(66)49-46-43-40-37-34-31-24-21-18-15-12-9-6-3)53-72-63-61(60(70)59(69)57(52-65)73-63)74-58(68)51-48-45-42-39-36-33-26-23-20-17-14-11-8-5-2/h8,11,16-17,19-20,25,27,29-30,46,49,54-57,59-61,63,65-67,69-70H,4-7,9-10,12-15,18,21-24,26,28,31-45,47-48,50-53H2,1-3H3,(H,64,71)/b11-8+,19-16-,20-17+,27-25-,30-29-,49-46+. The average Bonchev–Trinajstić information content (AvgIpc) is 3.40. The van der Waals surface area contributed by atoms with Crippen molar-refractivity contribution in [2.45, 2.75) is 301 Å². The van der Waals surface area contributed by atoms with E-state index in [0.29, 0.717) is 12.8 Å². The summed E-state index contributed by atoms with van der Waals surface area (Å²) in [5.74, 6) is -1.22. The third-order valence-corrected chi connectivity index (χ3v) is 13.8. The topological polar surface area (TPSA) is 175 Å². The Balaban J connectivity index is 2.73. The molecule has 1 aliphatic heterocycles. The third-order valence-electron chi connectivity index (χ3n) is 13.8. The van der Waals surface area contributed by atoms with Gasteiger partial charge < -0.3 is 45.1 Å². The van der Waals surface area contributed by atoms with Gasteiger partial charge in [0.2, 0.25) is 5.91 Å². The number of aliphatic hydroxyl groups is 5. The minimum absolute atomic E-state index is 0.110. The van der Waals surface area contributed by atoms with E-state index in [2.05, 4.69) is 86.8 Å². The second kappa shape index (κ2) is 50.9. The van der Waals surface area contributed by atoms with Gasteiger partial charge in [-0.3, -0.25) is 9.59 Å². The molecule has 8 unspecified atom stereocenters. The molecular formula is C63H111NO10. The van der Waals surface area contributed by atoms with Gasteiger partial charge in [0.05, 0.1) is 25.4 Å². The van der Waals surface area contributed by atoms with Crippen LogP contribution in [0.4, 0.5) is 0 Å². The summed E-state index contributed by atoms with van der Waals surface area (Å²) < 4.78 is 17.6.